The van der Waals surface area contributed by atoms with Crippen LogP contribution in [0, 0.1) is 6.92 Å². The van der Waals surface area contributed by atoms with E-state index in [-0.39, 0.29) is 6.04 Å². The van der Waals surface area contributed by atoms with Crippen LogP contribution in [0.5, 0.6) is 0 Å². The minimum atomic E-state index is 0.261. The summed E-state index contributed by atoms with van der Waals surface area (Å²) < 4.78 is 0. The molecule has 2 nitrogen and oxygen atoms in total. The van der Waals surface area contributed by atoms with E-state index >= 15 is 0 Å². The van der Waals surface area contributed by atoms with Gasteiger partial charge in [-0.1, -0.05) is 25.1 Å². The van der Waals surface area contributed by atoms with Gasteiger partial charge in [0.1, 0.15) is 0 Å². The number of nitrogens with one attached hydrogen (secondary N) is 1. The molecule has 0 aliphatic rings. The minimum absolute atomic E-state index is 0.261. The van der Waals surface area contributed by atoms with Crippen molar-refractivity contribution in [1.29, 1.82) is 0 Å². The van der Waals surface area contributed by atoms with Crippen LogP contribution >= 0.6 is 11.3 Å². The van der Waals surface area contributed by atoms with Crippen molar-refractivity contribution in [1.82, 2.24) is 10.3 Å². The van der Waals surface area contributed by atoms with E-state index in [1.165, 1.54) is 21.4 Å². The minimum Gasteiger partial charge on any atom is -0.306 e. The van der Waals surface area contributed by atoms with Gasteiger partial charge in [0.2, 0.25) is 0 Å². The van der Waals surface area contributed by atoms with Crippen molar-refractivity contribution in [2.75, 3.05) is 6.54 Å². The molecule has 2 heterocycles. The molecular formula is C18H20N2S. The van der Waals surface area contributed by atoms with E-state index in [0.29, 0.717) is 0 Å². The van der Waals surface area contributed by atoms with Crippen molar-refractivity contribution in [3.05, 3.63) is 64.0 Å². The number of rotatable bonds is 5. The molecule has 0 saturated carbocycles. The van der Waals surface area contributed by atoms with Crippen molar-refractivity contribution < 1.29 is 0 Å². The molecule has 0 fully saturated rings. The molecule has 0 aliphatic carbocycles. The molecule has 0 saturated heterocycles. The number of nitrogens with zero attached hydrogens (tertiary/aromatic N) is 1. The van der Waals surface area contributed by atoms with Crippen LogP contribution < -0.4 is 5.32 Å². The Bertz CT molecular complexity index is 733. The number of thiophene rings is 1. The number of aryl methyl sites for hydroxylation is 1. The summed E-state index contributed by atoms with van der Waals surface area (Å²) in [6, 6.07) is 13.1. The summed E-state index contributed by atoms with van der Waals surface area (Å²) in [6.07, 6.45) is 2.99. The normalized spacial score (nSPS) is 12.7. The predicted molar refractivity (Wildman–Crippen MR) is 90.9 cm³/mol. The number of fused-ring (bicyclic) bond motifs is 1. The molecule has 3 aromatic rings. The first kappa shape index (κ1) is 14.2. The van der Waals surface area contributed by atoms with Crippen LogP contribution in [0.2, 0.25) is 0 Å². The lowest BCUT2D eigenvalue weighted by Crippen LogP contribution is -2.23. The van der Waals surface area contributed by atoms with Crippen LogP contribution in [0.4, 0.5) is 0 Å². The second-order valence-corrected chi connectivity index (χ2v) is 6.26. The highest BCUT2D eigenvalue weighted by atomic mass is 32.1. The van der Waals surface area contributed by atoms with E-state index in [1.54, 1.807) is 0 Å². The van der Waals surface area contributed by atoms with E-state index in [0.717, 1.165) is 18.5 Å². The van der Waals surface area contributed by atoms with Crippen LogP contribution in [0.3, 0.4) is 0 Å². The average Bonchev–Trinajstić information content (AvgIpc) is 2.94. The van der Waals surface area contributed by atoms with E-state index < -0.39 is 0 Å². The Labute approximate surface area is 129 Å². The second kappa shape index (κ2) is 6.37. The van der Waals surface area contributed by atoms with E-state index in [1.807, 2.05) is 23.6 Å². The number of benzene rings is 1. The Morgan fingerprint density at radius 3 is 2.90 bits per heavy atom. The van der Waals surface area contributed by atoms with Gasteiger partial charge >= 0.3 is 0 Å². The summed E-state index contributed by atoms with van der Waals surface area (Å²) >= 11 is 1.83. The quantitative estimate of drug-likeness (QED) is 0.738. The maximum atomic E-state index is 4.48. The van der Waals surface area contributed by atoms with Gasteiger partial charge in [-0.2, -0.15) is 0 Å². The average molecular weight is 296 g/mol. The molecular weight excluding hydrogens is 276 g/mol. The Morgan fingerprint density at radius 2 is 2.14 bits per heavy atom. The highest BCUT2D eigenvalue weighted by Crippen LogP contribution is 2.30. The Kier molecular flexibility index (Phi) is 4.32. The molecule has 1 aromatic carbocycles. The Balaban J connectivity index is 2.03. The first-order valence-electron chi connectivity index (χ1n) is 7.41. The molecule has 1 unspecified atom stereocenters. The zero-order chi connectivity index (χ0) is 14.7. The first-order chi connectivity index (χ1) is 10.3. The smallest absolute Gasteiger partial charge is 0.0705 e. The zero-order valence-corrected chi connectivity index (χ0v) is 13.3. The zero-order valence-electron chi connectivity index (χ0n) is 12.5. The van der Waals surface area contributed by atoms with Gasteiger partial charge in [-0.3, -0.25) is 4.98 Å². The maximum absolute atomic E-state index is 4.48. The van der Waals surface area contributed by atoms with Crippen molar-refractivity contribution in [2.45, 2.75) is 26.3 Å². The fourth-order valence-electron chi connectivity index (χ4n) is 2.59. The summed E-state index contributed by atoms with van der Waals surface area (Å²) in [6.45, 7) is 5.40. The van der Waals surface area contributed by atoms with Crippen LogP contribution in [0.1, 0.15) is 35.4 Å². The van der Waals surface area contributed by atoms with Crippen molar-refractivity contribution in [2.24, 2.45) is 0 Å². The monoisotopic (exact) mass is 296 g/mol. The SMILES string of the molecule is CCCNC(c1ccc2cccnc2c1)c1sccc1C. The van der Waals surface area contributed by atoms with Gasteiger partial charge in [0.25, 0.3) is 0 Å². The summed E-state index contributed by atoms with van der Waals surface area (Å²) in [5, 5.41) is 7.04. The highest BCUT2D eigenvalue weighted by molar-refractivity contribution is 7.10. The molecule has 3 rings (SSSR count). The Hall–Kier alpha value is -1.71. The third-order valence-corrected chi connectivity index (χ3v) is 4.81. The molecule has 21 heavy (non-hydrogen) atoms. The van der Waals surface area contributed by atoms with Crippen molar-refractivity contribution in [3.63, 3.8) is 0 Å². The first-order valence-corrected chi connectivity index (χ1v) is 8.29. The molecule has 2 aromatic heterocycles. The molecule has 0 radical (unpaired) electrons. The molecule has 0 spiro atoms. The fourth-order valence-corrected chi connectivity index (χ4v) is 3.62. The summed E-state index contributed by atoms with van der Waals surface area (Å²) in [5.74, 6) is 0. The molecule has 0 bridgehead atoms. The lowest BCUT2D eigenvalue weighted by molar-refractivity contribution is 0.604. The molecule has 0 amide bonds. The topological polar surface area (TPSA) is 24.9 Å². The van der Waals surface area contributed by atoms with Crippen LogP contribution in [-0.2, 0) is 0 Å². The lowest BCUT2D eigenvalue weighted by Gasteiger charge is -2.19. The van der Waals surface area contributed by atoms with E-state index in [9.17, 15) is 0 Å². The van der Waals surface area contributed by atoms with Crippen molar-refractivity contribution in [3.8, 4) is 0 Å². The Morgan fingerprint density at radius 1 is 1.24 bits per heavy atom. The van der Waals surface area contributed by atoms with E-state index in [4.69, 9.17) is 0 Å². The second-order valence-electron chi connectivity index (χ2n) is 5.31. The standard InChI is InChI=1S/C18H20N2S/c1-3-9-20-17(18-13(2)8-11-21-18)15-7-6-14-5-4-10-19-16(14)12-15/h4-8,10-12,17,20H,3,9H2,1-2H3. The molecule has 1 atom stereocenters. The summed E-state index contributed by atoms with van der Waals surface area (Å²) in [4.78, 5) is 5.89. The van der Waals surface area contributed by atoms with Crippen molar-refractivity contribution >= 4 is 22.2 Å². The number of hydrogen-bond acceptors (Lipinski definition) is 3. The third kappa shape index (κ3) is 2.99. The van der Waals surface area contributed by atoms with Crippen LogP contribution in [-0.4, -0.2) is 11.5 Å². The van der Waals surface area contributed by atoms with Gasteiger partial charge in [-0.15, -0.1) is 11.3 Å². The molecule has 3 heteroatoms. The van der Waals surface area contributed by atoms with Gasteiger partial charge in [-0.05, 0) is 54.6 Å². The van der Waals surface area contributed by atoms with Gasteiger partial charge in [0.05, 0.1) is 11.6 Å². The summed E-state index contributed by atoms with van der Waals surface area (Å²) in [7, 11) is 0. The fraction of sp³-hybridized carbons (Fsp3) is 0.278. The number of aromatic nitrogens is 1. The maximum Gasteiger partial charge on any atom is 0.0705 e. The lowest BCUT2D eigenvalue weighted by atomic mass is 10.0. The summed E-state index contributed by atoms with van der Waals surface area (Å²) in [5.41, 5.74) is 3.71. The van der Waals surface area contributed by atoms with Crippen LogP contribution in [0.25, 0.3) is 10.9 Å². The number of pyridine rings is 1. The molecule has 108 valence electrons. The predicted octanol–water partition coefficient (Wildman–Crippen LogP) is 4.69. The molecule has 1 N–H and O–H groups in total. The van der Waals surface area contributed by atoms with Crippen LogP contribution in [0.15, 0.2) is 48.0 Å². The van der Waals surface area contributed by atoms with Gasteiger partial charge in [0.15, 0.2) is 0 Å². The third-order valence-electron chi connectivity index (χ3n) is 3.73. The number of hydrogen-bond donors (Lipinski definition) is 1. The van der Waals surface area contributed by atoms with E-state index in [2.05, 4.69) is 59.9 Å². The molecule has 0 aliphatic heterocycles. The largest absolute Gasteiger partial charge is 0.306 e. The van der Waals surface area contributed by atoms with Gasteiger partial charge in [0, 0.05) is 16.5 Å². The highest BCUT2D eigenvalue weighted by Gasteiger charge is 2.17. The van der Waals surface area contributed by atoms with Gasteiger partial charge in [-0.25, -0.2) is 0 Å². The van der Waals surface area contributed by atoms with Gasteiger partial charge < -0.3 is 5.32 Å².